The lowest BCUT2D eigenvalue weighted by molar-refractivity contribution is -0.124. The van der Waals surface area contributed by atoms with E-state index in [1.54, 1.807) is 6.92 Å². The Morgan fingerprint density at radius 3 is 2.80 bits per heavy atom. The van der Waals surface area contributed by atoms with Gasteiger partial charge in [0, 0.05) is 13.2 Å². The first-order chi connectivity index (χ1) is 7.04. The summed E-state index contributed by atoms with van der Waals surface area (Å²) in [6, 6.07) is 3.49. The van der Waals surface area contributed by atoms with E-state index in [2.05, 4.69) is 5.32 Å². The van der Waals surface area contributed by atoms with Crippen LogP contribution in [0.1, 0.15) is 6.92 Å². The van der Waals surface area contributed by atoms with Crippen LogP contribution in [0.5, 0.6) is 5.75 Å². The van der Waals surface area contributed by atoms with Gasteiger partial charge in [0.1, 0.15) is 17.7 Å². The second-order valence-corrected chi connectivity index (χ2v) is 3.03. The third-order valence-electron chi connectivity index (χ3n) is 1.93. The van der Waals surface area contributed by atoms with E-state index in [0.29, 0.717) is 0 Å². The quantitative estimate of drug-likeness (QED) is 0.748. The average Bonchev–Trinajstić information content (AvgIpc) is 2.20. The van der Waals surface area contributed by atoms with E-state index in [9.17, 15) is 9.18 Å². The smallest absolute Gasteiger partial charge is 0.253 e. The first-order valence-corrected chi connectivity index (χ1v) is 4.36. The molecule has 1 aromatic carbocycles. The molecule has 4 nitrogen and oxygen atoms in total. The van der Waals surface area contributed by atoms with Crippen molar-refractivity contribution >= 4 is 11.6 Å². The Hall–Kier alpha value is -1.62. The van der Waals surface area contributed by atoms with Crippen molar-refractivity contribution in [1.29, 1.82) is 0 Å². The number of aromatic hydroxyl groups is 1. The number of hydrogen-bond donors (Lipinski definition) is 2. The van der Waals surface area contributed by atoms with Crippen LogP contribution in [0.2, 0.25) is 0 Å². The highest BCUT2D eigenvalue weighted by molar-refractivity contribution is 5.94. The molecular formula is C10H12FNO3. The first-order valence-electron chi connectivity index (χ1n) is 4.36. The van der Waals surface area contributed by atoms with Crippen molar-refractivity contribution in [2.75, 3.05) is 12.4 Å². The zero-order valence-corrected chi connectivity index (χ0v) is 8.45. The van der Waals surface area contributed by atoms with Crippen molar-refractivity contribution in [2.24, 2.45) is 0 Å². The maximum absolute atomic E-state index is 13.2. The standard InChI is InChI=1S/C10H12FNO3/c1-6(15-2)10(14)12-9-4-3-7(13)5-8(9)11/h3-6,13H,1-2H3,(H,12,14)/t6-/m1/s1. The van der Waals surface area contributed by atoms with Gasteiger partial charge in [-0.25, -0.2) is 4.39 Å². The molecule has 15 heavy (non-hydrogen) atoms. The number of amides is 1. The molecule has 1 aromatic rings. The fraction of sp³-hybridized carbons (Fsp3) is 0.300. The minimum atomic E-state index is -0.688. The van der Waals surface area contributed by atoms with Gasteiger partial charge in [-0.2, -0.15) is 0 Å². The molecule has 5 heteroatoms. The van der Waals surface area contributed by atoms with Crippen LogP contribution in [-0.2, 0) is 9.53 Å². The van der Waals surface area contributed by atoms with Crippen LogP contribution in [0.4, 0.5) is 10.1 Å². The van der Waals surface area contributed by atoms with Crippen LogP contribution in [0.3, 0.4) is 0 Å². The van der Waals surface area contributed by atoms with Gasteiger partial charge in [0.15, 0.2) is 0 Å². The summed E-state index contributed by atoms with van der Waals surface area (Å²) < 4.78 is 17.9. The molecule has 0 aliphatic carbocycles. The van der Waals surface area contributed by atoms with Crippen LogP contribution in [0.15, 0.2) is 18.2 Å². The van der Waals surface area contributed by atoms with Crippen molar-refractivity contribution in [3.8, 4) is 5.75 Å². The van der Waals surface area contributed by atoms with Crippen LogP contribution < -0.4 is 5.32 Å². The van der Waals surface area contributed by atoms with Crippen molar-refractivity contribution in [2.45, 2.75) is 13.0 Å². The van der Waals surface area contributed by atoms with E-state index >= 15 is 0 Å². The topological polar surface area (TPSA) is 58.6 Å². The molecule has 82 valence electrons. The van der Waals surface area contributed by atoms with Crippen LogP contribution in [0.25, 0.3) is 0 Å². The molecular weight excluding hydrogens is 201 g/mol. The molecule has 0 aliphatic rings. The summed E-state index contributed by atoms with van der Waals surface area (Å²) >= 11 is 0. The van der Waals surface area contributed by atoms with Crippen LogP contribution in [0, 0.1) is 5.82 Å². The van der Waals surface area contributed by atoms with Gasteiger partial charge in [-0.05, 0) is 19.1 Å². The van der Waals surface area contributed by atoms with E-state index in [-0.39, 0.29) is 11.4 Å². The molecule has 0 fully saturated rings. The van der Waals surface area contributed by atoms with E-state index in [0.717, 1.165) is 6.07 Å². The van der Waals surface area contributed by atoms with Crippen LogP contribution in [-0.4, -0.2) is 24.2 Å². The highest BCUT2D eigenvalue weighted by Crippen LogP contribution is 2.19. The van der Waals surface area contributed by atoms with Gasteiger partial charge in [0.25, 0.3) is 5.91 Å². The number of carbonyl (C=O) groups excluding carboxylic acids is 1. The summed E-state index contributed by atoms with van der Waals surface area (Å²) in [4.78, 5) is 11.3. The number of phenols is 1. The lowest BCUT2D eigenvalue weighted by Gasteiger charge is -2.10. The zero-order chi connectivity index (χ0) is 11.4. The highest BCUT2D eigenvalue weighted by Gasteiger charge is 2.13. The number of carbonyl (C=O) groups is 1. The summed E-state index contributed by atoms with van der Waals surface area (Å²) in [5, 5.41) is 11.3. The third-order valence-corrected chi connectivity index (χ3v) is 1.93. The van der Waals surface area contributed by atoms with Crippen molar-refractivity contribution in [1.82, 2.24) is 0 Å². The van der Waals surface area contributed by atoms with Gasteiger partial charge >= 0.3 is 0 Å². The molecule has 0 bridgehead atoms. The SMILES string of the molecule is CO[C@H](C)C(=O)Nc1ccc(O)cc1F. The largest absolute Gasteiger partial charge is 0.508 e. The number of nitrogens with one attached hydrogen (secondary N) is 1. The maximum Gasteiger partial charge on any atom is 0.253 e. The Morgan fingerprint density at radius 2 is 2.27 bits per heavy atom. The molecule has 0 spiro atoms. The number of methoxy groups -OCH3 is 1. The molecule has 0 aliphatic heterocycles. The zero-order valence-electron chi connectivity index (χ0n) is 8.45. The summed E-state index contributed by atoms with van der Waals surface area (Å²) in [6.45, 7) is 1.55. The molecule has 0 radical (unpaired) electrons. The number of anilines is 1. The fourth-order valence-corrected chi connectivity index (χ4v) is 0.947. The summed E-state index contributed by atoms with van der Waals surface area (Å²) in [5.74, 6) is -1.32. The Labute approximate surface area is 86.7 Å². The molecule has 0 aromatic heterocycles. The first kappa shape index (κ1) is 11.5. The predicted octanol–water partition coefficient (Wildman–Crippen LogP) is 1.50. The average molecular weight is 213 g/mol. The van der Waals surface area contributed by atoms with Crippen molar-refractivity contribution < 1.29 is 19.0 Å². The van der Waals surface area contributed by atoms with Gasteiger partial charge < -0.3 is 15.2 Å². The van der Waals surface area contributed by atoms with Gasteiger partial charge in [-0.3, -0.25) is 4.79 Å². The summed E-state index contributed by atoms with van der Waals surface area (Å²) in [7, 11) is 1.39. The van der Waals surface area contributed by atoms with E-state index in [1.807, 2.05) is 0 Å². The number of halogens is 1. The Kier molecular flexibility index (Phi) is 3.62. The molecule has 2 N–H and O–H groups in total. The third kappa shape index (κ3) is 2.92. The normalized spacial score (nSPS) is 12.2. The molecule has 1 atom stereocenters. The molecule has 0 unspecified atom stereocenters. The van der Waals surface area contributed by atoms with Crippen molar-refractivity contribution in [3.05, 3.63) is 24.0 Å². The van der Waals surface area contributed by atoms with Crippen molar-refractivity contribution in [3.63, 3.8) is 0 Å². The monoisotopic (exact) mass is 213 g/mol. The summed E-state index contributed by atoms with van der Waals surface area (Å²) in [5.41, 5.74) is 0.0155. The molecule has 1 amide bonds. The van der Waals surface area contributed by atoms with Gasteiger partial charge in [0.05, 0.1) is 5.69 Å². The number of ether oxygens (including phenoxy) is 1. The summed E-state index contributed by atoms with van der Waals surface area (Å²) in [6.07, 6.45) is -0.654. The number of rotatable bonds is 3. The molecule has 0 saturated carbocycles. The fourth-order valence-electron chi connectivity index (χ4n) is 0.947. The molecule has 1 rings (SSSR count). The molecule has 0 saturated heterocycles. The number of phenolic OH excluding ortho intramolecular Hbond substituents is 1. The minimum Gasteiger partial charge on any atom is -0.508 e. The van der Waals surface area contributed by atoms with Gasteiger partial charge in [-0.1, -0.05) is 0 Å². The van der Waals surface area contributed by atoms with E-state index in [4.69, 9.17) is 9.84 Å². The highest BCUT2D eigenvalue weighted by atomic mass is 19.1. The number of hydrogen-bond acceptors (Lipinski definition) is 3. The van der Waals surface area contributed by atoms with E-state index < -0.39 is 17.8 Å². The predicted molar refractivity (Wildman–Crippen MR) is 53.2 cm³/mol. The Bertz CT molecular complexity index is 368. The lowest BCUT2D eigenvalue weighted by Crippen LogP contribution is -2.26. The molecule has 0 heterocycles. The Morgan fingerprint density at radius 1 is 1.60 bits per heavy atom. The maximum atomic E-state index is 13.2. The van der Waals surface area contributed by atoms with Gasteiger partial charge in [0.2, 0.25) is 0 Å². The van der Waals surface area contributed by atoms with E-state index in [1.165, 1.54) is 19.2 Å². The second kappa shape index (κ2) is 4.75. The second-order valence-electron chi connectivity index (χ2n) is 3.03. The van der Waals surface area contributed by atoms with Crippen LogP contribution >= 0.6 is 0 Å². The number of benzene rings is 1. The minimum absolute atomic E-state index is 0.0155. The lowest BCUT2D eigenvalue weighted by atomic mass is 10.2. The Balaban J connectivity index is 2.77. The van der Waals surface area contributed by atoms with Gasteiger partial charge in [-0.15, -0.1) is 0 Å².